The highest BCUT2D eigenvalue weighted by atomic mass is 79.9. The van der Waals surface area contributed by atoms with Gasteiger partial charge in [-0.3, -0.25) is 4.79 Å². The average Bonchev–Trinajstić information content (AvgIpc) is 2.96. The first kappa shape index (κ1) is 16.2. The molecule has 1 aliphatic heterocycles. The summed E-state index contributed by atoms with van der Waals surface area (Å²) in [5.74, 6) is 0.0535. The van der Waals surface area contributed by atoms with E-state index in [1.807, 2.05) is 47.8 Å². The summed E-state index contributed by atoms with van der Waals surface area (Å²) < 4.78 is 2.84. The van der Waals surface area contributed by atoms with Crippen molar-refractivity contribution in [2.75, 3.05) is 20.1 Å². The second-order valence-corrected chi connectivity index (χ2v) is 6.84. The van der Waals surface area contributed by atoms with E-state index in [9.17, 15) is 4.79 Å². The first-order valence-corrected chi connectivity index (χ1v) is 8.65. The number of halogens is 1. The first-order valence-electron chi connectivity index (χ1n) is 7.86. The number of hydrogen-bond acceptors (Lipinski definition) is 3. The Labute approximate surface area is 144 Å². The van der Waals surface area contributed by atoms with Crippen LogP contribution in [0.15, 0.2) is 34.9 Å². The van der Waals surface area contributed by atoms with Gasteiger partial charge in [-0.05, 0) is 57.1 Å². The number of rotatable bonds is 3. The summed E-state index contributed by atoms with van der Waals surface area (Å²) in [6.07, 6.45) is 3.68. The number of aromatic nitrogens is 2. The highest BCUT2D eigenvalue weighted by molar-refractivity contribution is 9.10. The van der Waals surface area contributed by atoms with Crippen molar-refractivity contribution < 1.29 is 4.79 Å². The van der Waals surface area contributed by atoms with Crippen molar-refractivity contribution in [3.63, 3.8) is 0 Å². The van der Waals surface area contributed by atoms with Gasteiger partial charge in [0.25, 0.3) is 5.91 Å². The van der Waals surface area contributed by atoms with Gasteiger partial charge in [0.1, 0.15) is 0 Å². The standard InChI is InChI=1S/C17H21BrN4O/c1-12-16(17(23)21(2)14-7-9-19-10-8-14)11-20-22(12)15-5-3-13(18)4-6-15/h3-6,11,14,19H,7-10H2,1-2H3. The average molecular weight is 377 g/mol. The maximum Gasteiger partial charge on any atom is 0.257 e. The van der Waals surface area contributed by atoms with Gasteiger partial charge in [0.05, 0.1) is 23.1 Å². The van der Waals surface area contributed by atoms with Gasteiger partial charge in [-0.2, -0.15) is 5.10 Å². The molecule has 0 aliphatic carbocycles. The lowest BCUT2D eigenvalue weighted by Crippen LogP contribution is -2.44. The summed E-state index contributed by atoms with van der Waals surface area (Å²) in [6, 6.07) is 8.21. The van der Waals surface area contributed by atoms with E-state index in [4.69, 9.17) is 0 Å². The van der Waals surface area contributed by atoms with Crippen molar-refractivity contribution in [3.8, 4) is 5.69 Å². The Balaban J connectivity index is 1.83. The van der Waals surface area contributed by atoms with E-state index in [2.05, 4.69) is 26.3 Å². The Morgan fingerprint density at radius 1 is 1.30 bits per heavy atom. The van der Waals surface area contributed by atoms with E-state index in [0.29, 0.717) is 11.6 Å². The third-order valence-corrected chi connectivity index (χ3v) is 5.02. The smallest absolute Gasteiger partial charge is 0.257 e. The van der Waals surface area contributed by atoms with Crippen LogP contribution in [-0.2, 0) is 0 Å². The molecular formula is C17H21BrN4O. The quantitative estimate of drug-likeness (QED) is 0.895. The summed E-state index contributed by atoms with van der Waals surface area (Å²) in [7, 11) is 1.90. The zero-order valence-electron chi connectivity index (χ0n) is 13.4. The number of piperidine rings is 1. The molecule has 0 spiro atoms. The molecular weight excluding hydrogens is 356 g/mol. The molecule has 6 heteroatoms. The molecule has 1 aromatic carbocycles. The third kappa shape index (κ3) is 3.33. The van der Waals surface area contributed by atoms with Crippen LogP contribution in [-0.4, -0.2) is 46.8 Å². The molecule has 0 atom stereocenters. The fraction of sp³-hybridized carbons (Fsp3) is 0.412. The molecule has 0 unspecified atom stereocenters. The Morgan fingerprint density at radius 3 is 2.61 bits per heavy atom. The molecule has 1 aromatic heterocycles. The fourth-order valence-electron chi connectivity index (χ4n) is 3.01. The first-order chi connectivity index (χ1) is 11.1. The zero-order valence-corrected chi connectivity index (χ0v) is 15.0. The van der Waals surface area contributed by atoms with Gasteiger partial charge in [0.2, 0.25) is 0 Å². The van der Waals surface area contributed by atoms with Crippen LogP contribution in [0.25, 0.3) is 5.69 Å². The Kier molecular flexibility index (Phi) is 4.82. The van der Waals surface area contributed by atoms with Gasteiger partial charge < -0.3 is 10.2 Å². The number of benzene rings is 1. The Bertz CT molecular complexity index is 689. The Morgan fingerprint density at radius 2 is 1.96 bits per heavy atom. The summed E-state index contributed by atoms with van der Waals surface area (Å²) in [6.45, 7) is 3.89. The lowest BCUT2D eigenvalue weighted by Gasteiger charge is -2.31. The molecule has 1 fully saturated rings. The van der Waals surface area contributed by atoms with Crippen molar-refractivity contribution in [2.24, 2.45) is 0 Å². The van der Waals surface area contributed by atoms with Crippen molar-refractivity contribution in [1.29, 1.82) is 0 Å². The van der Waals surface area contributed by atoms with Crippen LogP contribution < -0.4 is 5.32 Å². The van der Waals surface area contributed by atoms with Crippen molar-refractivity contribution in [1.82, 2.24) is 20.0 Å². The molecule has 1 saturated heterocycles. The normalized spacial score (nSPS) is 15.6. The van der Waals surface area contributed by atoms with E-state index >= 15 is 0 Å². The highest BCUT2D eigenvalue weighted by Gasteiger charge is 2.25. The van der Waals surface area contributed by atoms with E-state index < -0.39 is 0 Å². The van der Waals surface area contributed by atoms with Gasteiger partial charge in [0.15, 0.2) is 0 Å². The zero-order chi connectivity index (χ0) is 16.4. The molecule has 0 saturated carbocycles. The van der Waals surface area contributed by atoms with Gasteiger partial charge in [0, 0.05) is 17.6 Å². The number of carbonyl (C=O) groups is 1. The van der Waals surface area contributed by atoms with E-state index in [-0.39, 0.29) is 5.91 Å². The Hall–Kier alpha value is -1.66. The molecule has 2 aromatic rings. The van der Waals surface area contributed by atoms with Crippen LogP contribution in [0, 0.1) is 6.92 Å². The molecule has 2 heterocycles. The molecule has 1 N–H and O–H groups in total. The number of nitrogens with one attached hydrogen (secondary N) is 1. The van der Waals surface area contributed by atoms with E-state index in [1.165, 1.54) is 0 Å². The highest BCUT2D eigenvalue weighted by Crippen LogP contribution is 2.20. The van der Waals surface area contributed by atoms with Crippen LogP contribution >= 0.6 is 15.9 Å². The number of amides is 1. The predicted molar refractivity (Wildman–Crippen MR) is 94.0 cm³/mol. The van der Waals surface area contributed by atoms with Crippen LogP contribution in [0.4, 0.5) is 0 Å². The van der Waals surface area contributed by atoms with Crippen molar-refractivity contribution in [2.45, 2.75) is 25.8 Å². The molecule has 23 heavy (non-hydrogen) atoms. The predicted octanol–water partition coefficient (Wildman–Crippen LogP) is 2.77. The van der Waals surface area contributed by atoms with Crippen LogP contribution in [0.2, 0.25) is 0 Å². The number of nitrogens with zero attached hydrogens (tertiary/aromatic N) is 3. The van der Waals surface area contributed by atoms with Crippen molar-refractivity contribution >= 4 is 21.8 Å². The third-order valence-electron chi connectivity index (χ3n) is 4.49. The van der Waals surface area contributed by atoms with Gasteiger partial charge in [-0.15, -0.1) is 0 Å². The number of hydrogen-bond donors (Lipinski definition) is 1. The summed E-state index contributed by atoms with van der Waals surface area (Å²) in [5.41, 5.74) is 2.50. The van der Waals surface area contributed by atoms with Gasteiger partial charge >= 0.3 is 0 Å². The van der Waals surface area contributed by atoms with E-state index in [1.54, 1.807) is 6.20 Å². The lowest BCUT2D eigenvalue weighted by molar-refractivity contribution is 0.0702. The SMILES string of the molecule is Cc1c(C(=O)N(C)C2CCNCC2)cnn1-c1ccc(Br)cc1. The summed E-state index contributed by atoms with van der Waals surface area (Å²) in [4.78, 5) is 14.7. The minimum Gasteiger partial charge on any atom is -0.339 e. The molecule has 1 amide bonds. The second kappa shape index (κ2) is 6.84. The molecule has 1 aliphatic rings. The minimum atomic E-state index is 0.0535. The van der Waals surface area contributed by atoms with Crippen LogP contribution in [0.5, 0.6) is 0 Å². The van der Waals surface area contributed by atoms with E-state index in [0.717, 1.165) is 41.8 Å². The summed E-state index contributed by atoms with van der Waals surface area (Å²) >= 11 is 3.43. The van der Waals surface area contributed by atoms with Crippen LogP contribution in [0.1, 0.15) is 28.9 Å². The second-order valence-electron chi connectivity index (χ2n) is 5.93. The molecule has 0 bridgehead atoms. The monoisotopic (exact) mass is 376 g/mol. The molecule has 3 rings (SSSR count). The fourth-order valence-corrected chi connectivity index (χ4v) is 3.28. The lowest BCUT2D eigenvalue weighted by atomic mass is 10.0. The topological polar surface area (TPSA) is 50.2 Å². The maximum absolute atomic E-state index is 12.8. The van der Waals surface area contributed by atoms with Crippen LogP contribution in [0.3, 0.4) is 0 Å². The molecule has 5 nitrogen and oxygen atoms in total. The molecule has 0 radical (unpaired) electrons. The maximum atomic E-state index is 12.8. The molecule has 122 valence electrons. The largest absolute Gasteiger partial charge is 0.339 e. The minimum absolute atomic E-state index is 0.0535. The van der Waals surface area contributed by atoms with Gasteiger partial charge in [-0.25, -0.2) is 4.68 Å². The van der Waals surface area contributed by atoms with Gasteiger partial charge in [-0.1, -0.05) is 15.9 Å². The summed E-state index contributed by atoms with van der Waals surface area (Å²) in [5, 5.41) is 7.74. The van der Waals surface area contributed by atoms with Crippen molar-refractivity contribution in [3.05, 3.63) is 46.2 Å². The number of carbonyl (C=O) groups excluding carboxylic acids is 1.